The van der Waals surface area contributed by atoms with Crippen molar-refractivity contribution < 1.29 is 13.9 Å². The smallest absolute Gasteiger partial charge is 0.290 e. The van der Waals surface area contributed by atoms with Crippen LogP contribution >= 0.6 is 0 Å². The first-order valence-corrected chi connectivity index (χ1v) is 14.0. The summed E-state index contributed by atoms with van der Waals surface area (Å²) in [5, 5.41) is 18.4. The second kappa shape index (κ2) is 9.80. The predicted octanol–water partition coefficient (Wildman–Crippen LogP) is 5.84. The zero-order chi connectivity index (χ0) is 28.3. The molecule has 2 aliphatic heterocycles. The lowest BCUT2D eigenvalue weighted by Crippen LogP contribution is -2.52. The number of rotatable bonds is 4. The minimum atomic E-state index is -3.22. The highest BCUT2D eigenvalue weighted by Crippen LogP contribution is 2.39. The fourth-order valence-corrected chi connectivity index (χ4v) is 6.07. The number of anilines is 2. The Kier molecular flexibility index (Phi) is 6.52. The molecular formula is C31H36F2N6O. The molecule has 210 valence electrons. The van der Waals surface area contributed by atoms with Crippen molar-refractivity contribution in [2.24, 2.45) is 0 Å². The van der Waals surface area contributed by atoms with Gasteiger partial charge in [-0.05, 0) is 61.9 Å². The van der Waals surface area contributed by atoms with Gasteiger partial charge in [-0.3, -0.25) is 5.10 Å². The number of benzene rings is 2. The third-order valence-electron chi connectivity index (χ3n) is 8.47. The number of nitrogens with zero attached hydrogens (tertiary/aromatic N) is 5. The number of alkyl halides is 2. The number of piperidine rings is 1. The fourth-order valence-electron chi connectivity index (χ4n) is 6.07. The molecule has 4 heterocycles. The third kappa shape index (κ3) is 4.50. The van der Waals surface area contributed by atoms with Crippen molar-refractivity contribution in [2.45, 2.75) is 71.9 Å². The molecule has 9 heteroatoms. The summed E-state index contributed by atoms with van der Waals surface area (Å²) < 4.78 is 29.7. The van der Waals surface area contributed by atoms with Crippen LogP contribution in [0.1, 0.15) is 59.8 Å². The highest BCUT2D eigenvalue weighted by molar-refractivity contribution is 5.96. The van der Waals surface area contributed by atoms with Gasteiger partial charge in [-0.1, -0.05) is 32.0 Å². The van der Waals surface area contributed by atoms with Crippen LogP contribution in [0.2, 0.25) is 0 Å². The highest BCUT2D eigenvalue weighted by atomic mass is 19.3. The summed E-state index contributed by atoms with van der Waals surface area (Å²) in [4.78, 5) is 14.1. The Morgan fingerprint density at radius 2 is 1.80 bits per heavy atom. The van der Waals surface area contributed by atoms with E-state index in [2.05, 4.69) is 54.1 Å². The van der Waals surface area contributed by atoms with Gasteiger partial charge in [-0.25, -0.2) is 18.7 Å². The zero-order valence-electron chi connectivity index (χ0n) is 23.7. The molecule has 0 amide bonds. The number of aliphatic hydroxyl groups is 1. The Morgan fingerprint density at radius 1 is 1.02 bits per heavy atom. The van der Waals surface area contributed by atoms with Crippen LogP contribution in [-0.4, -0.2) is 56.9 Å². The molecule has 1 saturated heterocycles. The SMILES string of the molecule is Cc1ccc(C(C)C)cc1N1CCc2nc(-c3c(C)ccc4n[nH]c(C)c34)nc(N3CCC(O)C(F)(F)C3)c2C1. The topological polar surface area (TPSA) is 81.2 Å². The van der Waals surface area contributed by atoms with E-state index in [1.54, 1.807) is 4.90 Å². The van der Waals surface area contributed by atoms with Crippen molar-refractivity contribution in [1.29, 1.82) is 0 Å². The van der Waals surface area contributed by atoms with Crippen LogP contribution in [0, 0.1) is 20.8 Å². The summed E-state index contributed by atoms with van der Waals surface area (Å²) in [5.74, 6) is -1.75. The molecule has 4 aromatic rings. The van der Waals surface area contributed by atoms with Gasteiger partial charge in [0.2, 0.25) is 0 Å². The van der Waals surface area contributed by atoms with E-state index in [1.165, 1.54) is 11.1 Å². The molecule has 1 fully saturated rings. The molecule has 0 aliphatic carbocycles. The number of hydrogen-bond acceptors (Lipinski definition) is 6. The molecule has 0 bridgehead atoms. The molecular weight excluding hydrogens is 510 g/mol. The quantitative estimate of drug-likeness (QED) is 0.335. The number of aromatic amines is 1. The predicted molar refractivity (Wildman–Crippen MR) is 154 cm³/mol. The molecule has 40 heavy (non-hydrogen) atoms. The monoisotopic (exact) mass is 546 g/mol. The molecule has 2 N–H and O–H groups in total. The van der Waals surface area contributed by atoms with Crippen molar-refractivity contribution >= 4 is 22.4 Å². The molecule has 2 aromatic heterocycles. The van der Waals surface area contributed by atoms with Crippen molar-refractivity contribution in [3.05, 3.63) is 64.0 Å². The van der Waals surface area contributed by atoms with E-state index in [4.69, 9.17) is 9.97 Å². The highest BCUT2D eigenvalue weighted by Gasteiger charge is 2.45. The summed E-state index contributed by atoms with van der Waals surface area (Å²) >= 11 is 0. The minimum absolute atomic E-state index is 0.0180. The number of halogens is 2. The Labute approximate surface area is 233 Å². The van der Waals surface area contributed by atoms with Crippen molar-refractivity contribution in [2.75, 3.05) is 29.4 Å². The molecule has 0 saturated carbocycles. The van der Waals surface area contributed by atoms with E-state index in [0.717, 1.165) is 51.2 Å². The van der Waals surface area contributed by atoms with Gasteiger partial charge in [-0.2, -0.15) is 5.10 Å². The van der Waals surface area contributed by atoms with Gasteiger partial charge in [0.05, 0.1) is 17.8 Å². The Bertz CT molecular complexity index is 1600. The van der Waals surface area contributed by atoms with Gasteiger partial charge < -0.3 is 14.9 Å². The third-order valence-corrected chi connectivity index (χ3v) is 8.47. The van der Waals surface area contributed by atoms with E-state index in [-0.39, 0.29) is 6.42 Å². The van der Waals surface area contributed by atoms with Gasteiger partial charge in [0.1, 0.15) is 11.9 Å². The average Bonchev–Trinajstić information content (AvgIpc) is 3.30. The summed E-state index contributed by atoms with van der Waals surface area (Å²) in [6.45, 7) is 11.5. The van der Waals surface area contributed by atoms with Crippen LogP contribution in [0.5, 0.6) is 0 Å². The summed E-state index contributed by atoms with van der Waals surface area (Å²) in [5.41, 5.74) is 8.97. The standard InChI is InChI=1S/C31H36F2N6O/c1-17(2)21-8-6-18(3)25(14-21)38-12-10-23-22(15-38)30(39-13-11-26(40)31(32,33)16-39)35-29(34-23)27-19(4)7-9-24-28(27)20(5)36-37-24/h6-9,14,17,26,40H,10-13,15-16H2,1-5H3,(H,36,37). The summed E-state index contributed by atoms with van der Waals surface area (Å²) in [6, 6.07) is 10.5. The number of nitrogens with one attached hydrogen (secondary N) is 1. The Morgan fingerprint density at radius 3 is 2.55 bits per heavy atom. The maximum Gasteiger partial charge on any atom is 0.290 e. The van der Waals surface area contributed by atoms with Crippen LogP contribution in [0.25, 0.3) is 22.3 Å². The lowest BCUT2D eigenvalue weighted by atomic mass is 9.97. The maximum absolute atomic E-state index is 14.8. The van der Waals surface area contributed by atoms with Crippen LogP contribution in [0.3, 0.4) is 0 Å². The number of hydrogen-bond donors (Lipinski definition) is 2. The summed E-state index contributed by atoms with van der Waals surface area (Å²) in [7, 11) is 0. The molecule has 0 spiro atoms. The van der Waals surface area contributed by atoms with Crippen molar-refractivity contribution in [1.82, 2.24) is 20.2 Å². The van der Waals surface area contributed by atoms with Crippen LogP contribution in [-0.2, 0) is 13.0 Å². The van der Waals surface area contributed by atoms with Crippen LogP contribution in [0.4, 0.5) is 20.3 Å². The van der Waals surface area contributed by atoms with Crippen molar-refractivity contribution in [3.63, 3.8) is 0 Å². The van der Waals surface area contributed by atoms with Gasteiger partial charge in [0.15, 0.2) is 5.82 Å². The normalized spacial score (nSPS) is 19.0. The van der Waals surface area contributed by atoms with E-state index in [0.29, 0.717) is 37.1 Å². The molecule has 6 rings (SSSR count). The van der Waals surface area contributed by atoms with Gasteiger partial charge in [0.25, 0.3) is 5.92 Å². The summed E-state index contributed by atoms with van der Waals surface area (Å²) in [6.07, 6.45) is -0.992. The van der Waals surface area contributed by atoms with E-state index in [9.17, 15) is 13.9 Å². The Hall–Kier alpha value is -3.59. The van der Waals surface area contributed by atoms with Gasteiger partial charge in [0, 0.05) is 53.9 Å². The maximum atomic E-state index is 14.8. The van der Waals surface area contributed by atoms with E-state index in [1.807, 2.05) is 26.0 Å². The van der Waals surface area contributed by atoms with Gasteiger partial charge >= 0.3 is 0 Å². The van der Waals surface area contributed by atoms with Crippen LogP contribution < -0.4 is 9.80 Å². The van der Waals surface area contributed by atoms with Crippen LogP contribution in [0.15, 0.2) is 30.3 Å². The molecule has 2 aliphatic rings. The number of aryl methyl sites for hydroxylation is 3. The first-order valence-electron chi connectivity index (χ1n) is 14.0. The average molecular weight is 547 g/mol. The van der Waals surface area contributed by atoms with E-state index >= 15 is 0 Å². The lowest BCUT2D eigenvalue weighted by molar-refractivity contribution is -0.113. The van der Waals surface area contributed by atoms with Gasteiger partial charge in [-0.15, -0.1) is 0 Å². The zero-order valence-corrected chi connectivity index (χ0v) is 23.7. The second-order valence-electron chi connectivity index (χ2n) is 11.7. The molecule has 2 aromatic carbocycles. The molecule has 1 unspecified atom stereocenters. The van der Waals surface area contributed by atoms with E-state index < -0.39 is 18.6 Å². The molecule has 7 nitrogen and oxygen atoms in total. The first-order chi connectivity index (χ1) is 19.0. The van der Waals surface area contributed by atoms with Crippen molar-refractivity contribution in [3.8, 4) is 11.4 Å². The molecule has 0 radical (unpaired) electrons. The number of aromatic nitrogens is 4. The molecule has 1 atom stereocenters. The number of fused-ring (bicyclic) bond motifs is 2. The number of H-pyrrole nitrogens is 1. The number of aliphatic hydroxyl groups excluding tert-OH is 1. The minimum Gasteiger partial charge on any atom is -0.387 e. The first kappa shape index (κ1) is 26.6. The fraction of sp³-hybridized carbons (Fsp3) is 0.452. The largest absolute Gasteiger partial charge is 0.387 e. The Balaban J connectivity index is 1.50. The second-order valence-corrected chi connectivity index (χ2v) is 11.7. The lowest BCUT2D eigenvalue weighted by Gasteiger charge is -2.39.